The zero-order valence-corrected chi connectivity index (χ0v) is 13.0. The summed E-state index contributed by atoms with van der Waals surface area (Å²) in [5.74, 6) is 1.07. The summed E-state index contributed by atoms with van der Waals surface area (Å²) in [6, 6.07) is 5.41. The predicted octanol–water partition coefficient (Wildman–Crippen LogP) is 2.43. The molecular formula is C15H21NO3S. The first-order valence-electron chi connectivity index (χ1n) is 7.07. The van der Waals surface area contributed by atoms with Crippen molar-refractivity contribution in [2.75, 3.05) is 13.6 Å². The van der Waals surface area contributed by atoms with Crippen molar-refractivity contribution in [1.82, 2.24) is 4.31 Å². The highest BCUT2D eigenvalue weighted by Gasteiger charge is 2.37. The highest BCUT2D eigenvalue weighted by atomic mass is 32.2. The van der Waals surface area contributed by atoms with E-state index in [1.807, 2.05) is 19.9 Å². The number of sulfonamides is 1. The molecule has 0 amide bonds. The van der Waals surface area contributed by atoms with Crippen molar-refractivity contribution in [2.45, 2.75) is 43.6 Å². The maximum atomic E-state index is 12.7. The normalized spacial score (nSPS) is 20.8. The van der Waals surface area contributed by atoms with Gasteiger partial charge < -0.3 is 4.74 Å². The van der Waals surface area contributed by atoms with Crippen molar-refractivity contribution in [3.05, 3.63) is 23.8 Å². The molecule has 0 unspecified atom stereocenters. The molecule has 0 atom stereocenters. The van der Waals surface area contributed by atoms with Gasteiger partial charge in [0, 0.05) is 20.0 Å². The first-order chi connectivity index (χ1) is 9.29. The molecule has 1 aromatic carbocycles. The molecule has 1 heterocycles. The molecule has 20 heavy (non-hydrogen) atoms. The van der Waals surface area contributed by atoms with Gasteiger partial charge in [0.15, 0.2) is 0 Å². The van der Waals surface area contributed by atoms with E-state index in [9.17, 15) is 8.42 Å². The molecule has 0 radical (unpaired) electrons. The first-order valence-corrected chi connectivity index (χ1v) is 8.51. The average molecular weight is 295 g/mol. The Bertz CT molecular complexity index is 633. The largest absolute Gasteiger partial charge is 0.486 e. The summed E-state index contributed by atoms with van der Waals surface area (Å²) in [5.41, 5.74) is 0.652. The van der Waals surface area contributed by atoms with Crippen LogP contribution in [-0.4, -0.2) is 31.9 Å². The van der Waals surface area contributed by atoms with E-state index in [-0.39, 0.29) is 5.60 Å². The van der Waals surface area contributed by atoms with Crippen molar-refractivity contribution in [3.8, 4) is 5.75 Å². The zero-order valence-electron chi connectivity index (χ0n) is 12.2. The van der Waals surface area contributed by atoms with E-state index < -0.39 is 10.0 Å². The zero-order chi connectivity index (χ0) is 14.5. The topological polar surface area (TPSA) is 46.6 Å². The van der Waals surface area contributed by atoms with E-state index in [0.29, 0.717) is 23.1 Å². The fraction of sp³-hybridized carbons (Fsp3) is 0.600. The molecule has 0 aromatic heterocycles. The number of rotatable bonds is 4. The molecule has 0 N–H and O–H groups in total. The molecular weight excluding hydrogens is 274 g/mol. The fourth-order valence-corrected chi connectivity index (χ4v) is 4.12. The van der Waals surface area contributed by atoms with Gasteiger partial charge in [-0.15, -0.1) is 0 Å². The lowest BCUT2D eigenvalue weighted by Crippen LogP contribution is -2.30. The molecule has 3 rings (SSSR count). The van der Waals surface area contributed by atoms with Gasteiger partial charge in [-0.2, -0.15) is 0 Å². The SMILES string of the molecule is CN(CC1CC1)S(=O)(=O)c1cccc2c1OC(C)(C)C2. The molecule has 0 bridgehead atoms. The summed E-state index contributed by atoms with van der Waals surface area (Å²) in [6.45, 7) is 4.57. The smallest absolute Gasteiger partial charge is 0.246 e. The Morgan fingerprint density at radius 1 is 1.35 bits per heavy atom. The van der Waals surface area contributed by atoms with Gasteiger partial charge in [0.2, 0.25) is 10.0 Å². The molecule has 110 valence electrons. The van der Waals surface area contributed by atoms with Crippen molar-refractivity contribution >= 4 is 10.0 Å². The highest BCUT2D eigenvalue weighted by Crippen LogP contribution is 2.41. The average Bonchev–Trinajstić information content (AvgIpc) is 3.08. The minimum Gasteiger partial charge on any atom is -0.486 e. The summed E-state index contributed by atoms with van der Waals surface area (Å²) in [7, 11) is -1.80. The van der Waals surface area contributed by atoms with E-state index in [1.54, 1.807) is 19.2 Å². The Morgan fingerprint density at radius 3 is 2.70 bits per heavy atom. The number of para-hydroxylation sites is 1. The molecule has 4 nitrogen and oxygen atoms in total. The Balaban J connectivity index is 1.97. The van der Waals surface area contributed by atoms with Crippen LogP contribution in [0.15, 0.2) is 23.1 Å². The van der Waals surface area contributed by atoms with Crippen molar-refractivity contribution in [2.24, 2.45) is 5.92 Å². The van der Waals surface area contributed by atoms with Crippen LogP contribution in [0.4, 0.5) is 0 Å². The number of nitrogens with zero attached hydrogens (tertiary/aromatic N) is 1. The van der Waals surface area contributed by atoms with Crippen LogP contribution >= 0.6 is 0 Å². The molecule has 1 aromatic rings. The van der Waals surface area contributed by atoms with Gasteiger partial charge in [-0.25, -0.2) is 12.7 Å². The van der Waals surface area contributed by atoms with Crippen LogP contribution in [0.2, 0.25) is 0 Å². The number of ether oxygens (including phenoxy) is 1. The summed E-state index contributed by atoms with van der Waals surface area (Å²) in [6.07, 6.45) is 3.02. The molecule has 0 spiro atoms. The number of fused-ring (bicyclic) bond motifs is 1. The number of hydrogen-bond donors (Lipinski definition) is 0. The predicted molar refractivity (Wildman–Crippen MR) is 77.4 cm³/mol. The second-order valence-corrected chi connectivity index (χ2v) is 8.53. The summed E-state index contributed by atoms with van der Waals surface area (Å²) in [4.78, 5) is 0.309. The molecule has 2 aliphatic rings. The van der Waals surface area contributed by atoms with E-state index in [1.165, 1.54) is 4.31 Å². The van der Waals surface area contributed by atoms with Gasteiger partial charge in [-0.05, 0) is 44.2 Å². The minimum absolute atomic E-state index is 0.309. The van der Waals surface area contributed by atoms with Crippen LogP contribution in [0, 0.1) is 5.92 Å². The molecule has 1 aliphatic carbocycles. The van der Waals surface area contributed by atoms with Crippen LogP contribution in [0.3, 0.4) is 0 Å². The Morgan fingerprint density at radius 2 is 2.05 bits per heavy atom. The molecule has 0 saturated heterocycles. The van der Waals surface area contributed by atoms with Crippen molar-refractivity contribution < 1.29 is 13.2 Å². The van der Waals surface area contributed by atoms with E-state index >= 15 is 0 Å². The number of benzene rings is 1. The summed E-state index contributed by atoms with van der Waals surface area (Å²) < 4.78 is 32.8. The monoisotopic (exact) mass is 295 g/mol. The summed E-state index contributed by atoms with van der Waals surface area (Å²) in [5, 5.41) is 0. The van der Waals surface area contributed by atoms with Gasteiger partial charge in [0.25, 0.3) is 0 Å². The van der Waals surface area contributed by atoms with Gasteiger partial charge in [-0.3, -0.25) is 0 Å². The minimum atomic E-state index is -3.46. The lowest BCUT2D eigenvalue weighted by Gasteiger charge is -2.21. The van der Waals surface area contributed by atoms with Crippen molar-refractivity contribution in [1.29, 1.82) is 0 Å². The van der Waals surface area contributed by atoms with Gasteiger partial charge in [-0.1, -0.05) is 12.1 Å². The van der Waals surface area contributed by atoms with Crippen LogP contribution in [0.25, 0.3) is 0 Å². The fourth-order valence-electron chi connectivity index (χ4n) is 2.72. The van der Waals surface area contributed by atoms with Crippen molar-refractivity contribution in [3.63, 3.8) is 0 Å². The van der Waals surface area contributed by atoms with Gasteiger partial charge in [0.05, 0.1) is 0 Å². The van der Waals surface area contributed by atoms with Crippen LogP contribution in [0.5, 0.6) is 5.75 Å². The van der Waals surface area contributed by atoms with Crippen LogP contribution in [0.1, 0.15) is 32.3 Å². The third kappa shape index (κ3) is 2.44. The molecule has 1 fully saturated rings. The first kappa shape index (κ1) is 13.9. The van der Waals surface area contributed by atoms with Gasteiger partial charge >= 0.3 is 0 Å². The van der Waals surface area contributed by atoms with Gasteiger partial charge in [0.1, 0.15) is 16.2 Å². The Hall–Kier alpha value is -1.07. The van der Waals surface area contributed by atoms with E-state index in [0.717, 1.165) is 24.8 Å². The lowest BCUT2D eigenvalue weighted by molar-refractivity contribution is 0.135. The Kier molecular flexibility index (Phi) is 3.10. The third-order valence-corrected chi connectivity index (χ3v) is 5.80. The summed E-state index contributed by atoms with van der Waals surface area (Å²) >= 11 is 0. The third-order valence-electron chi connectivity index (χ3n) is 3.96. The second-order valence-electron chi connectivity index (χ2n) is 6.51. The maximum absolute atomic E-state index is 12.7. The number of hydrogen-bond acceptors (Lipinski definition) is 3. The van der Waals surface area contributed by atoms with Crippen LogP contribution in [-0.2, 0) is 16.4 Å². The van der Waals surface area contributed by atoms with E-state index in [4.69, 9.17) is 4.74 Å². The van der Waals surface area contributed by atoms with Crippen LogP contribution < -0.4 is 4.74 Å². The standard InChI is InChI=1S/C15H21NO3S/c1-15(2)9-12-5-4-6-13(14(12)19-15)20(17,18)16(3)10-11-7-8-11/h4-6,11H,7-10H2,1-3H3. The quantitative estimate of drug-likeness (QED) is 0.857. The molecule has 5 heteroatoms. The molecule has 1 saturated carbocycles. The molecule has 1 aliphatic heterocycles. The Labute approximate surface area is 120 Å². The maximum Gasteiger partial charge on any atom is 0.246 e. The second kappa shape index (κ2) is 4.46. The highest BCUT2D eigenvalue weighted by molar-refractivity contribution is 7.89. The van der Waals surface area contributed by atoms with E-state index in [2.05, 4.69) is 0 Å². The lowest BCUT2D eigenvalue weighted by atomic mass is 10.0.